The number of nitrogens with zero attached hydrogens (tertiary/aromatic N) is 2. The highest BCUT2D eigenvalue weighted by Crippen LogP contribution is 2.22. The maximum absolute atomic E-state index is 13.9. The Bertz CT molecular complexity index is 894. The largest absolute Gasteiger partial charge is 0.444 e. The van der Waals surface area contributed by atoms with Gasteiger partial charge in [-0.05, 0) is 51.7 Å². The molecule has 1 aliphatic heterocycles. The maximum Gasteiger partial charge on any atom is 0.407 e. The van der Waals surface area contributed by atoms with Crippen LogP contribution in [0.2, 0.25) is 0 Å². The summed E-state index contributed by atoms with van der Waals surface area (Å²) < 4.78 is 19.2. The zero-order valence-corrected chi connectivity index (χ0v) is 18.4. The van der Waals surface area contributed by atoms with Gasteiger partial charge in [-0.15, -0.1) is 11.3 Å². The molecule has 0 aliphatic carbocycles. The number of thiazole rings is 1. The fourth-order valence-electron chi connectivity index (χ4n) is 3.44. The molecule has 162 valence electrons. The normalized spacial score (nSPS) is 16.9. The number of alkyl carbamates (subject to hydrolysis) is 1. The van der Waals surface area contributed by atoms with Gasteiger partial charge < -0.3 is 15.0 Å². The number of nitrogens with one attached hydrogen (secondary N) is 1. The van der Waals surface area contributed by atoms with Crippen molar-refractivity contribution in [2.24, 2.45) is 0 Å². The highest BCUT2D eigenvalue weighted by molar-refractivity contribution is 7.09. The van der Waals surface area contributed by atoms with E-state index in [1.165, 1.54) is 17.4 Å². The summed E-state index contributed by atoms with van der Waals surface area (Å²) in [5.74, 6) is -0.424. The van der Waals surface area contributed by atoms with Crippen molar-refractivity contribution in [3.8, 4) is 0 Å². The van der Waals surface area contributed by atoms with Crippen LogP contribution in [0.25, 0.3) is 0 Å². The molecule has 1 aliphatic rings. The number of piperidine rings is 1. The zero-order valence-electron chi connectivity index (χ0n) is 17.6. The first-order valence-electron chi connectivity index (χ1n) is 10.2. The lowest BCUT2D eigenvalue weighted by Gasteiger charge is -2.35. The average molecular weight is 434 g/mol. The number of amides is 2. The number of rotatable bonds is 5. The van der Waals surface area contributed by atoms with E-state index < -0.39 is 11.7 Å². The molecule has 8 heteroatoms. The van der Waals surface area contributed by atoms with Gasteiger partial charge in [-0.1, -0.05) is 18.2 Å². The lowest BCUT2D eigenvalue weighted by molar-refractivity contribution is 0.0461. The van der Waals surface area contributed by atoms with Crippen LogP contribution in [0, 0.1) is 5.82 Å². The molecule has 0 radical (unpaired) electrons. The molecule has 30 heavy (non-hydrogen) atoms. The van der Waals surface area contributed by atoms with Gasteiger partial charge in [0.15, 0.2) is 0 Å². The minimum atomic E-state index is -0.568. The van der Waals surface area contributed by atoms with Crippen molar-refractivity contribution in [3.05, 3.63) is 51.7 Å². The second kappa shape index (κ2) is 9.55. The first-order chi connectivity index (χ1) is 14.2. The summed E-state index contributed by atoms with van der Waals surface area (Å²) in [5.41, 5.74) is 0.361. The zero-order chi connectivity index (χ0) is 21.7. The van der Waals surface area contributed by atoms with Gasteiger partial charge in [0.2, 0.25) is 0 Å². The second-order valence-electron chi connectivity index (χ2n) is 8.43. The summed E-state index contributed by atoms with van der Waals surface area (Å²) in [6.45, 7) is 6.39. The molecule has 1 unspecified atom stereocenters. The second-order valence-corrected chi connectivity index (χ2v) is 9.37. The van der Waals surface area contributed by atoms with E-state index in [2.05, 4.69) is 10.3 Å². The molecule has 1 N–H and O–H groups in total. The molecule has 2 aromatic rings. The summed E-state index contributed by atoms with van der Waals surface area (Å²) >= 11 is 1.36. The lowest BCUT2D eigenvalue weighted by Crippen LogP contribution is -2.50. The van der Waals surface area contributed by atoms with E-state index in [9.17, 15) is 14.0 Å². The third kappa shape index (κ3) is 6.01. The number of aromatic nitrogens is 1. The molecule has 1 saturated heterocycles. The Morgan fingerprint density at radius 3 is 2.80 bits per heavy atom. The molecular weight excluding hydrogens is 405 g/mol. The third-order valence-corrected chi connectivity index (χ3v) is 5.69. The van der Waals surface area contributed by atoms with Crippen LogP contribution in [-0.4, -0.2) is 46.6 Å². The smallest absolute Gasteiger partial charge is 0.407 e. The summed E-state index contributed by atoms with van der Waals surface area (Å²) in [5, 5.41) is 5.20. The van der Waals surface area contributed by atoms with Gasteiger partial charge in [0.1, 0.15) is 17.1 Å². The number of carbonyl (C=O) groups is 2. The van der Waals surface area contributed by atoms with Crippen molar-refractivity contribution in [2.75, 3.05) is 13.1 Å². The van der Waals surface area contributed by atoms with Gasteiger partial charge in [-0.2, -0.15) is 0 Å². The molecule has 1 atom stereocenters. The molecule has 1 aromatic carbocycles. The summed E-state index contributed by atoms with van der Waals surface area (Å²) in [6.07, 6.45) is 2.60. The quantitative estimate of drug-likeness (QED) is 0.759. The van der Waals surface area contributed by atoms with Crippen molar-refractivity contribution in [1.29, 1.82) is 0 Å². The first kappa shape index (κ1) is 22.2. The van der Waals surface area contributed by atoms with Crippen LogP contribution in [0.5, 0.6) is 0 Å². The number of likely N-dealkylation sites (tertiary alicyclic amines) is 1. The summed E-state index contributed by atoms with van der Waals surface area (Å²) in [4.78, 5) is 31.3. The monoisotopic (exact) mass is 433 g/mol. The minimum absolute atomic E-state index is 0.101. The number of hydrogen-bond acceptors (Lipinski definition) is 5. The van der Waals surface area contributed by atoms with Crippen molar-refractivity contribution in [1.82, 2.24) is 15.2 Å². The molecule has 6 nitrogen and oxygen atoms in total. The molecule has 2 heterocycles. The Morgan fingerprint density at radius 2 is 2.07 bits per heavy atom. The van der Waals surface area contributed by atoms with Crippen LogP contribution in [0.4, 0.5) is 9.18 Å². The van der Waals surface area contributed by atoms with E-state index in [0.29, 0.717) is 35.8 Å². The fourth-order valence-corrected chi connectivity index (χ4v) is 4.23. The van der Waals surface area contributed by atoms with E-state index in [4.69, 9.17) is 4.74 Å². The van der Waals surface area contributed by atoms with Gasteiger partial charge in [0, 0.05) is 30.9 Å². The molecule has 0 spiro atoms. The first-order valence-corrected chi connectivity index (χ1v) is 11.1. The number of carbonyl (C=O) groups excluding carboxylic acids is 2. The Kier molecular flexibility index (Phi) is 7.07. The Morgan fingerprint density at radius 1 is 1.30 bits per heavy atom. The van der Waals surface area contributed by atoms with Crippen molar-refractivity contribution in [3.63, 3.8) is 0 Å². The standard InChI is InChI=1S/C22H28FN3O3S/c1-22(2,3)29-21(28)24-13-16-9-6-7-11-26(16)20(27)18-14-30-19(25-18)12-15-8-4-5-10-17(15)23/h4-5,8,10,14,16H,6-7,9,11-13H2,1-3H3,(H,24,28). The van der Waals surface area contributed by atoms with E-state index in [-0.39, 0.29) is 17.8 Å². The van der Waals surface area contributed by atoms with Gasteiger partial charge in [0.05, 0.1) is 5.01 Å². The fraction of sp³-hybridized carbons (Fsp3) is 0.500. The topological polar surface area (TPSA) is 71.5 Å². The molecule has 0 saturated carbocycles. The van der Waals surface area contributed by atoms with Crippen LogP contribution in [0.15, 0.2) is 29.6 Å². The van der Waals surface area contributed by atoms with Crippen molar-refractivity contribution in [2.45, 2.75) is 58.1 Å². The summed E-state index contributed by atoms with van der Waals surface area (Å²) in [7, 11) is 0. The number of ether oxygens (including phenoxy) is 1. The minimum Gasteiger partial charge on any atom is -0.444 e. The summed E-state index contributed by atoms with van der Waals surface area (Å²) in [6, 6.07) is 6.48. The van der Waals surface area contributed by atoms with E-state index >= 15 is 0 Å². The number of hydrogen-bond donors (Lipinski definition) is 1. The van der Waals surface area contributed by atoms with Crippen LogP contribution in [-0.2, 0) is 11.2 Å². The van der Waals surface area contributed by atoms with Crippen LogP contribution < -0.4 is 5.32 Å². The van der Waals surface area contributed by atoms with Crippen LogP contribution >= 0.6 is 11.3 Å². The van der Waals surface area contributed by atoms with Crippen LogP contribution in [0.1, 0.15) is 61.1 Å². The van der Waals surface area contributed by atoms with Crippen molar-refractivity contribution < 1.29 is 18.7 Å². The highest BCUT2D eigenvalue weighted by Gasteiger charge is 2.29. The number of halogens is 1. The molecule has 0 bridgehead atoms. The Balaban J connectivity index is 1.63. The van der Waals surface area contributed by atoms with E-state index in [0.717, 1.165) is 19.3 Å². The average Bonchev–Trinajstić information content (AvgIpc) is 3.15. The number of benzene rings is 1. The predicted octanol–water partition coefficient (Wildman–Crippen LogP) is 4.39. The molecule has 1 fully saturated rings. The lowest BCUT2D eigenvalue weighted by atomic mass is 10.0. The van der Waals surface area contributed by atoms with Gasteiger partial charge in [-0.25, -0.2) is 14.2 Å². The molecule has 2 amide bonds. The maximum atomic E-state index is 13.9. The highest BCUT2D eigenvalue weighted by atomic mass is 32.1. The predicted molar refractivity (Wildman–Crippen MR) is 114 cm³/mol. The Labute approximate surface area is 180 Å². The Hall–Kier alpha value is -2.48. The van der Waals surface area contributed by atoms with Gasteiger partial charge in [-0.3, -0.25) is 4.79 Å². The SMILES string of the molecule is CC(C)(C)OC(=O)NCC1CCCCN1C(=O)c1csc(Cc2ccccc2F)n1. The van der Waals surface area contributed by atoms with Crippen molar-refractivity contribution >= 4 is 23.3 Å². The molecule has 1 aromatic heterocycles. The van der Waals surface area contributed by atoms with E-state index in [1.54, 1.807) is 28.5 Å². The molecular formula is C22H28FN3O3S. The van der Waals surface area contributed by atoms with Gasteiger partial charge in [0.25, 0.3) is 5.91 Å². The van der Waals surface area contributed by atoms with Crippen LogP contribution in [0.3, 0.4) is 0 Å². The molecule has 3 rings (SSSR count). The van der Waals surface area contributed by atoms with E-state index in [1.807, 2.05) is 20.8 Å². The van der Waals surface area contributed by atoms with Gasteiger partial charge >= 0.3 is 6.09 Å². The third-order valence-electron chi connectivity index (χ3n) is 4.84.